The van der Waals surface area contributed by atoms with Crippen LogP contribution in [0.25, 0.3) is 10.8 Å². The molecule has 30 heavy (non-hydrogen) atoms. The molecular formula is C23H24N6O. The number of aryl methyl sites for hydroxylation is 1. The van der Waals surface area contributed by atoms with E-state index in [0.29, 0.717) is 5.39 Å². The Bertz CT molecular complexity index is 1270. The van der Waals surface area contributed by atoms with Gasteiger partial charge in [-0.2, -0.15) is 5.10 Å². The molecule has 3 heterocycles. The van der Waals surface area contributed by atoms with Crippen LogP contribution in [0.3, 0.4) is 0 Å². The molecule has 152 valence electrons. The number of aromatic amines is 1. The molecule has 1 aliphatic heterocycles. The van der Waals surface area contributed by atoms with E-state index in [9.17, 15) is 4.79 Å². The van der Waals surface area contributed by atoms with Crippen LogP contribution >= 0.6 is 0 Å². The van der Waals surface area contributed by atoms with Crippen molar-refractivity contribution in [1.29, 1.82) is 0 Å². The smallest absolute Gasteiger partial charge is 0.272 e. The van der Waals surface area contributed by atoms with Gasteiger partial charge in [0, 0.05) is 36.6 Å². The van der Waals surface area contributed by atoms with Gasteiger partial charge in [0.1, 0.15) is 0 Å². The van der Waals surface area contributed by atoms with Crippen LogP contribution in [0, 0.1) is 0 Å². The normalized spacial score (nSPS) is 18.0. The van der Waals surface area contributed by atoms with Crippen LogP contribution in [0.2, 0.25) is 0 Å². The van der Waals surface area contributed by atoms with E-state index < -0.39 is 0 Å². The van der Waals surface area contributed by atoms with Crippen LogP contribution in [-0.4, -0.2) is 38.7 Å². The molecular weight excluding hydrogens is 376 g/mol. The molecule has 1 aliphatic rings. The van der Waals surface area contributed by atoms with Crippen molar-refractivity contribution in [2.45, 2.75) is 18.5 Å². The van der Waals surface area contributed by atoms with Crippen molar-refractivity contribution < 1.29 is 0 Å². The average molecular weight is 400 g/mol. The monoisotopic (exact) mass is 400 g/mol. The lowest BCUT2D eigenvalue weighted by molar-refractivity contribution is 0.402. The Morgan fingerprint density at radius 3 is 2.63 bits per heavy atom. The minimum atomic E-state index is -0.173. The van der Waals surface area contributed by atoms with Crippen molar-refractivity contribution in [3.8, 4) is 0 Å². The Morgan fingerprint density at radius 2 is 1.93 bits per heavy atom. The van der Waals surface area contributed by atoms with Gasteiger partial charge in [-0.1, -0.05) is 30.3 Å². The zero-order valence-electron chi connectivity index (χ0n) is 17.3. The van der Waals surface area contributed by atoms with Crippen molar-refractivity contribution in [3.05, 3.63) is 87.9 Å². The summed E-state index contributed by atoms with van der Waals surface area (Å²) in [7, 11) is 6.13. The number of benzene rings is 2. The zero-order chi connectivity index (χ0) is 20.8. The lowest BCUT2D eigenvalue weighted by Gasteiger charge is -2.34. The summed E-state index contributed by atoms with van der Waals surface area (Å²) in [5.74, 6) is -0.0913. The molecule has 7 nitrogen and oxygen atoms in total. The van der Waals surface area contributed by atoms with Crippen LogP contribution in [0.4, 0.5) is 5.69 Å². The van der Waals surface area contributed by atoms with Crippen molar-refractivity contribution >= 4 is 16.5 Å². The quantitative estimate of drug-likeness (QED) is 0.551. The number of H-pyrrole nitrogens is 1. The third-order valence-corrected chi connectivity index (χ3v) is 5.79. The van der Waals surface area contributed by atoms with Crippen molar-refractivity contribution in [2.24, 2.45) is 7.05 Å². The van der Waals surface area contributed by atoms with Crippen molar-refractivity contribution in [3.63, 3.8) is 0 Å². The van der Waals surface area contributed by atoms with Gasteiger partial charge in [-0.25, -0.2) is 10.1 Å². The van der Waals surface area contributed by atoms with Gasteiger partial charge in [0.25, 0.3) is 5.56 Å². The molecule has 2 atom stereocenters. The zero-order valence-corrected chi connectivity index (χ0v) is 17.3. The van der Waals surface area contributed by atoms with E-state index in [0.717, 1.165) is 29.0 Å². The number of hydrogen-bond acceptors (Lipinski definition) is 5. The molecule has 5 rings (SSSR count). The molecule has 0 spiro atoms. The maximum atomic E-state index is 12.4. The second-order valence-electron chi connectivity index (χ2n) is 8.17. The van der Waals surface area contributed by atoms with E-state index in [1.807, 2.05) is 36.0 Å². The highest BCUT2D eigenvalue weighted by molar-refractivity contribution is 5.97. The molecule has 2 N–H and O–H groups in total. The van der Waals surface area contributed by atoms with E-state index in [-0.39, 0.29) is 17.5 Å². The molecule has 4 aromatic rings. The van der Waals surface area contributed by atoms with Gasteiger partial charge in [-0.15, -0.1) is 0 Å². The molecule has 0 aliphatic carbocycles. The summed E-state index contributed by atoms with van der Waals surface area (Å²) in [6.45, 7) is 0.897. The summed E-state index contributed by atoms with van der Waals surface area (Å²) in [4.78, 5) is 18.9. The first kappa shape index (κ1) is 18.6. The summed E-state index contributed by atoms with van der Waals surface area (Å²) in [5, 5.41) is 12.4. The van der Waals surface area contributed by atoms with E-state index in [2.05, 4.69) is 63.8 Å². The van der Waals surface area contributed by atoms with Crippen LogP contribution in [0.5, 0.6) is 0 Å². The Balaban J connectivity index is 1.69. The Morgan fingerprint density at radius 1 is 1.13 bits per heavy atom. The Kier molecular flexibility index (Phi) is 4.40. The van der Waals surface area contributed by atoms with Crippen molar-refractivity contribution in [1.82, 2.24) is 24.6 Å². The molecule has 2 aromatic carbocycles. The minimum Gasteiger partial charge on any atom is -0.377 e. The van der Waals surface area contributed by atoms with Crippen LogP contribution in [-0.2, 0) is 13.6 Å². The fraction of sp³-hybridized carbons (Fsp3) is 0.261. The topological polar surface area (TPSA) is 78.8 Å². The lowest BCUT2D eigenvalue weighted by Crippen LogP contribution is -2.29. The van der Waals surface area contributed by atoms with E-state index in [1.165, 1.54) is 11.1 Å². The molecule has 0 saturated carbocycles. The minimum absolute atomic E-state index is 0.0368. The third-order valence-electron chi connectivity index (χ3n) is 5.79. The van der Waals surface area contributed by atoms with E-state index in [1.54, 1.807) is 6.33 Å². The maximum Gasteiger partial charge on any atom is 0.272 e. The van der Waals surface area contributed by atoms with Gasteiger partial charge in [-0.05, 0) is 37.4 Å². The third kappa shape index (κ3) is 2.98. The Labute approximate surface area is 174 Å². The van der Waals surface area contributed by atoms with E-state index in [4.69, 9.17) is 0 Å². The number of hydrogen-bond donors (Lipinski definition) is 2. The Hall–Kier alpha value is -3.45. The molecule has 7 heteroatoms. The first-order chi connectivity index (χ1) is 14.5. The second kappa shape index (κ2) is 7.11. The van der Waals surface area contributed by atoms with Gasteiger partial charge in [0.05, 0.1) is 29.4 Å². The predicted octanol–water partition coefficient (Wildman–Crippen LogP) is 3.02. The molecule has 0 saturated heterocycles. The van der Waals surface area contributed by atoms with Gasteiger partial charge in [-0.3, -0.25) is 4.79 Å². The first-order valence-electron chi connectivity index (χ1n) is 10.0. The predicted molar refractivity (Wildman–Crippen MR) is 118 cm³/mol. The number of rotatable bonds is 4. The summed E-state index contributed by atoms with van der Waals surface area (Å²) < 4.78 is 2.02. The number of anilines is 1. The van der Waals surface area contributed by atoms with Crippen LogP contribution in [0.15, 0.2) is 59.8 Å². The van der Waals surface area contributed by atoms with Crippen LogP contribution < -0.4 is 10.9 Å². The number of nitrogens with one attached hydrogen (secondary N) is 2. The highest BCUT2D eigenvalue weighted by atomic mass is 16.1. The van der Waals surface area contributed by atoms with Gasteiger partial charge < -0.3 is 14.8 Å². The number of imidazole rings is 1. The van der Waals surface area contributed by atoms with Crippen LogP contribution in [0.1, 0.15) is 34.5 Å². The lowest BCUT2D eigenvalue weighted by atomic mass is 9.82. The number of nitrogens with zero attached hydrogens (tertiary/aromatic N) is 4. The average Bonchev–Trinajstić information content (AvgIpc) is 3.16. The fourth-order valence-corrected chi connectivity index (χ4v) is 4.45. The molecule has 2 aromatic heterocycles. The summed E-state index contributed by atoms with van der Waals surface area (Å²) in [5.41, 5.74) is 5.10. The standard InChI is InChI=1S/C23H24N6O/c1-28(2)12-14-7-9-15(10-8-14)21-20(18-11-24-13-29(18)3)22-19-16(23(30)27-26-22)5-4-6-17(19)25-21/h4-11,13,20-21,25H,12H2,1-3H3,(H,27,30). The second-order valence-corrected chi connectivity index (χ2v) is 8.17. The maximum absolute atomic E-state index is 12.4. The van der Waals surface area contributed by atoms with Gasteiger partial charge in [0.15, 0.2) is 0 Å². The molecule has 0 radical (unpaired) electrons. The molecule has 2 unspecified atom stereocenters. The molecule has 0 fully saturated rings. The summed E-state index contributed by atoms with van der Waals surface area (Å²) in [6.07, 6.45) is 3.68. The fourth-order valence-electron chi connectivity index (χ4n) is 4.45. The largest absolute Gasteiger partial charge is 0.377 e. The summed E-state index contributed by atoms with van der Waals surface area (Å²) in [6, 6.07) is 14.4. The SMILES string of the molecule is CN(C)Cc1ccc(C2Nc3cccc4c(=O)[nH]nc(c34)C2c2cncn2C)cc1. The molecule has 0 bridgehead atoms. The summed E-state index contributed by atoms with van der Waals surface area (Å²) >= 11 is 0. The highest BCUT2D eigenvalue weighted by Crippen LogP contribution is 2.45. The first-order valence-corrected chi connectivity index (χ1v) is 10.0. The highest BCUT2D eigenvalue weighted by Gasteiger charge is 2.36. The van der Waals surface area contributed by atoms with Crippen molar-refractivity contribution in [2.75, 3.05) is 19.4 Å². The van der Waals surface area contributed by atoms with Gasteiger partial charge >= 0.3 is 0 Å². The van der Waals surface area contributed by atoms with E-state index >= 15 is 0 Å². The molecule has 0 amide bonds. The van der Waals surface area contributed by atoms with Gasteiger partial charge in [0.2, 0.25) is 0 Å². The number of aromatic nitrogens is 4.